The van der Waals surface area contributed by atoms with E-state index < -0.39 is 0 Å². The van der Waals surface area contributed by atoms with Crippen LogP contribution < -0.4 is 0 Å². The molecule has 0 amide bonds. The molecule has 0 aliphatic rings. The van der Waals surface area contributed by atoms with E-state index in [0.717, 1.165) is 11.1 Å². The van der Waals surface area contributed by atoms with Crippen molar-refractivity contribution in [3.8, 4) is 0 Å². The van der Waals surface area contributed by atoms with Crippen LogP contribution in [0.15, 0.2) is 36.0 Å². The molecule has 2 heteroatoms. The smallest absolute Gasteiger partial charge is 0.293 e. The SMILES string of the molecule is C=C/C=C(\C(C)=C/C)[C@@H](C)OC=O. The van der Waals surface area contributed by atoms with Gasteiger partial charge in [-0.2, -0.15) is 0 Å². The standard InChI is InChI=1S/C11H16O2/c1-5-7-11(9(3)6-2)10(4)13-8-12/h5-8,10H,1H2,2-4H3/b9-6-,11-7+/t10-/m1/s1. The number of carbonyl (C=O) groups excluding carboxylic acids is 1. The van der Waals surface area contributed by atoms with E-state index in [0.29, 0.717) is 6.47 Å². The minimum Gasteiger partial charge on any atom is -0.460 e. The minimum atomic E-state index is -0.216. The van der Waals surface area contributed by atoms with Gasteiger partial charge in [0.25, 0.3) is 6.47 Å². The maximum Gasteiger partial charge on any atom is 0.293 e. The Balaban J connectivity index is 4.70. The predicted octanol–water partition coefficient (Wildman–Crippen LogP) is 2.63. The third-order valence-corrected chi connectivity index (χ3v) is 1.88. The summed E-state index contributed by atoms with van der Waals surface area (Å²) in [5.41, 5.74) is 2.07. The zero-order valence-electron chi connectivity index (χ0n) is 8.41. The average Bonchev–Trinajstić information content (AvgIpc) is 2.13. The molecule has 13 heavy (non-hydrogen) atoms. The summed E-state index contributed by atoms with van der Waals surface area (Å²) in [5, 5.41) is 0. The molecule has 0 rings (SSSR count). The number of rotatable bonds is 5. The van der Waals surface area contributed by atoms with Gasteiger partial charge in [0.05, 0.1) is 0 Å². The van der Waals surface area contributed by atoms with Crippen molar-refractivity contribution in [2.24, 2.45) is 0 Å². The van der Waals surface area contributed by atoms with Gasteiger partial charge < -0.3 is 4.74 Å². The van der Waals surface area contributed by atoms with Crippen LogP contribution in [0.1, 0.15) is 20.8 Å². The highest BCUT2D eigenvalue weighted by Gasteiger charge is 2.09. The van der Waals surface area contributed by atoms with Crippen molar-refractivity contribution in [2.75, 3.05) is 0 Å². The summed E-state index contributed by atoms with van der Waals surface area (Å²) in [4.78, 5) is 10.1. The van der Waals surface area contributed by atoms with E-state index >= 15 is 0 Å². The Morgan fingerprint density at radius 3 is 2.54 bits per heavy atom. The zero-order valence-corrected chi connectivity index (χ0v) is 8.41. The van der Waals surface area contributed by atoms with Gasteiger partial charge in [0, 0.05) is 0 Å². The van der Waals surface area contributed by atoms with Crippen LogP contribution in [-0.2, 0) is 9.53 Å². The maximum absolute atomic E-state index is 10.1. The molecule has 0 unspecified atom stereocenters. The van der Waals surface area contributed by atoms with Gasteiger partial charge in [-0.3, -0.25) is 4.79 Å². The molecule has 0 aromatic carbocycles. The van der Waals surface area contributed by atoms with E-state index in [4.69, 9.17) is 4.74 Å². The second-order valence-electron chi connectivity index (χ2n) is 2.70. The van der Waals surface area contributed by atoms with Gasteiger partial charge >= 0.3 is 0 Å². The summed E-state index contributed by atoms with van der Waals surface area (Å²) in [6, 6.07) is 0. The summed E-state index contributed by atoms with van der Waals surface area (Å²) < 4.78 is 4.84. The molecular weight excluding hydrogens is 164 g/mol. The van der Waals surface area contributed by atoms with Crippen molar-refractivity contribution in [1.82, 2.24) is 0 Å². The molecule has 0 aliphatic heterocycles. The van der Waals surface area contributed by atoms with Gasteiger partial charge in [-0.15, -0.1) is 0 Å². The molecule has 0 fully saturated rings. The first-order valence-corrected chi connectivity index (χ1v) is 4.22. The first-order chi connectivity index (χ1) is 6.17. The van der Waals surface area contributed by atoms with Crippen LogP contribution in [0.5, 0.6) is 0 Å². The number of carbonyl (C=O) groups is 1. The van der Waals surface area contributed by atoms with Gasteiger partial charge in [0.1, 0.15) is 6.10 Å². The molecule has 0 N–H and O–H groups in total. The summed E-state index contributed by atoms with van der Waals surface area (Å²) in [6.45, 7) is 9.82. The first-order valence-electron chi connectivity index (χ1n) is 4.22. The van der Waals surface area contributed by atoms with Crippen LogP contribution in [0.4, 0.5) is 0 Å². The summed E-state index contributed by atoms with van der Waals surface area (Å²) in [5.74, 6) is 0. The number of allylic oxidation sites excluding steroid dienone is 3. The molecule has 0 aromatic rings. The molecule has 0 aliphatic carbocycles. The second kappa shape index (κ2) is 6.23. The maximum atomic E-state index is 10.1. The zero-order chi connectivity index (χ0) is 10.3. The topological polar surface area (TPSA) is 26.3 Å². The lowest BCUT2D eigenvalue weighted by Crippen LogP contribution is -2.11. The van der Waals surface area contributed by atoms with Crippen LogP contribution >= 0.6 is 0 Å². The Hall–Kier alpha value is -1.31. The molecule has 0 saturated carbocycles. The lowest BCUT2D eigenvalue weighted by molar-refractivity contribution is -0.131. The fraction of sp³-hybridized carbons (Fsp3) is 0.364. The van der Waals surface area contributed by atoms with Gasteiger partial charge in [0.15, 0.2) is 0 Å². The van der Waals surface area contributed by atoms with Crippen molar-refractivity contribution < 1.29 is 9.53 Å². The number of ether oxygens (including phenoxy) is 1. The van der Waals surface area contributed by atoms with Crippen LogP contribution in [0.2, 0.25) is 0 Å². The Kier molecular flexibility index (Phi) is 5.60. The molecule has 0 aromatic heterocycles. The van der Waals surface area contributed by atoms with Crippen molar-refractivity contribution in [1.29, 1.82) is 0 Å². The van der Waals surface area contributed by atoms with E-state index in [1.165, 1.54) is 0 Å². The molecular formula is C11H16O2. The molecule has 72 valence electrons. The Bertz CT molecular complexity index is 236. The molecule has 0 radical (unpaired) electrons. The Morgan fingerprint density at radius 1 is 1.54 bits per heavy atom. The molecule has 0 saturated heterocycles. The molecule has 0 heterocycles. The predicted molar refractivity (Wildman–Crippen MR) is 54.3 cm³/mol. The van der Waals surface area contributed by atoms with Crippen molar-refractivity contribution in [2.45, 2.75) is 26.9 Å². The highest BCUT2D eigenvalue weighted by Crippen LogP contribution is 2.15. The normalized spacial score (nSPS) is 15.0. The van der Waals surface area contributed by atoms with Gasteiger partial charge in [0.2, 0.25) is 0 Å². The van der Waals surface area contributed by atoms with Crippen LogP contribution in [0.25, 0.3) is 0 Å². The fourth-order valence-electron chi connectivity index (χ4n) is 1.04. The van der Waals surface area contributed by atoms with E-state index in [9.17, 15) is 4.79 Å². The van der Waals surface area contributed by atoms with Crippen LogP contribution in [-0.4, -0.2) is 12.6 Å². The van der Waals surface area contributed by atoms with Gasteiger partial charge in [-0.25, -0.2) is 0 Å². The number of hydrogen-bond acceptors (Lipinski definition) is 2. The Morgan fingerprint density at radius 2 is 2.15 bits per heavy atom. The summed E-state index contributed by atoms with van der Waals surface area (Å²) in [6.07, 6.45) is 5.29. The number of hydrogen-bond donors (Lipinski definition) is 0. The van der Waals surface area contributed by atoms with Crippen LogP contribution in [0.3, 0.4) is 0 Å². The quantitative estimate of drug-likeness (QED) is 0.480. The minimum absolute atomic E-state index is 0.216. The molecule has 2 nitrogen and oxygen atoms in total. The monoisotopic (exact) mass is 180 g/mol. The molecule has 1 atom stereocenters. The van der Waals surface area contributed by atoms with Gasteiger partial charge in [-0.1, -0.05) is 24.8 Å². The highest BCUT2D eigenvalue weighted by atomic mass is 16.5. The largest absolute Gasteiger partial charge is 0.460 e. The third kappa shape index (κ3) is 3.74. The lowest BCUT2D eigenvalue weighted by atomic mass is 10.0. The summed E-state index contributed by atoms with van der Waals surface area (Å²) in [7, 11) is 0. The average molecular weight is 180 g/mol. The van der Waals surface area contributed by atoms with Crippen LogP contribution in [0, 0.1) is 0 Å². The summed E-state index contributed by atoms with van der Waals surface area (Å²) >= 11 is 0. The van der Waals surface area contributed by atoms with E-state index in [1.54, 1.807) is 6.08 Å². The van der Waals surface area contributed by atoms with Gasteiger partial charge in [-0.05, 0) is 31.9 Å². The van der Waals surface area contributed by atoms with Crippen molar-refractivity contribution in [3.63, 3.8) is 0 Å². The van der Waals surface area contributed by atoms with E-state index in [-0.39, 0.29) is 6.10 Å². The Labute approximate surface area is 79.6 Å². The highest BCUT2D eigenvalue weighted by molar-refractivity contribution is 5.42. The molecule has 0 spiro atoms. The lowest BCUT2D eigenvalue weighted by Gasteiger charge is -2.14. The second-order valence-corrected chi connectivity index (χ2v) is 2.70. The van der Waals surface area contributed by atoms with Crippen molar-refractivity contribution in [3.05, 3.63) is 36.0 Å². The van der Waals surface area contributed by atoms with E-state index in [1.807, 2.05) is 32.9 Å². The van der Waals surface area contributed by atoms with Crippen molar-refractivity contribution >= 4 is 6.47 Å². The van der Waals surface area contributed by atoms with E-state index in [2.05, 4.69) is 6.58 Å². The molecule has 0 bridgehead atoms. The third-order valence-electron chi connectivity index (χ3n) is 1.88. The first kappa shape index (κ1) is 11.7. The fourth-order valence-corrected chi connectivity index (χ4v) is 1.04.